The minimum Gasteiger partial charge on any atom is -0.494 e. The van der Waals surface area contributed by atoms with Crippen molar-refractivity contribution in [2.45, 2.75) is 33.2 Å². The van der Waals surface area contributed by atoms with Gasteiger partial charge in [0.2, 0.25) is 0 Å². The average molecular weight is 285 g/mol. The number of hydrogen-bond acceptors (Lipinski definition) is 3. The lowest BCUT2D eigenvalue weighted by molar-refractivity contribution is 0.338. The highest BCUT2D eigenvalue weighted by molar-refractivity contribution is 5.40. The van der Waals surface area contributed by atoms with Gasteiger partial charge < -0.3 is 15.2 Å². The zero-order valence-electron chi connectivity index (χ0n) is 12.9. The lowest BCUT2D eigenvalue weighted by atomic mass is 10.0. The summed E-state index contributed by atoms with van der Waals surface area (Å²) in [6.45, 7) is 6.72. The highest BCUT2D eigenvalue weighted by Gasteiger charge is 2.05. The predicted octanol–water partition coefficient (Wildman–Crippen LogP) is 4.08. The number of benzene rings is 2. The minimum absolute atomic E-state index is 0.165. The molecule has 2 aromatic carbocycles. The first-order chi connectivity index (χ1) is 10.1. The van der Waals surface area contributed by atoms with E-state index in [2.05, 4.69) is 13.0 Å². The molecular weight excluding hydrogens is 262 g/mol. The smallest absolute Gasteiger partial charge is 0.131 e. The van der Waals surface area contributed by atoms with Crippen molar-refractivity contribution >= 4 is 0 Å². The van der Waals surface area contributed by atoms with Crippen molar-refractivity contribution in [1.29, 1.82) is 0 Å². The molecule has 3 heteroatoms. The molecular formula is C18H23NO2. The Kier molecular flexibility index (Phi) is 5.23. The van der Waals surface area contributed by atoms with Crippen LogP contribution in [0, 0.1) is 6.92 Å². The fraction of sp³-hybridized carbons (Fsp3) is 0.333. The monoisotopic (exact) mass is 285 g/mol. The summed E-state index contributed by atoms with van der Waals surface area (Å²) in [5.41, 5.74) is 8.32. The van der Waals surface area contributed by atoms with E-state index in [1.165, 1.54) is 11.1 Å². The van der Waals surface area contributed by atoms with Gasteiger partial charge in [-0.25, -0.2) is 0 Å². The Labute approximate surface area is 126 Å². The number of nitrogens with two attached hydrogens (primary N) is 1. The molecule has 0 heterocycles. The van der Waals surface area contributed by atoms with E-state index in [4.69, 9.17) is 15.2 Å². The van der Waals surface area contributed by atoms with Crippen molar-refractivity contribution in [3.8, 4) is 17.2 Å². The Morgan fingerprint density at radius 2 is 1.76 bits per heavy atom. The summed E-state index contributed by atoms with van der Waals surface area (Å²) >= 11 is 0. The number of hydrogen-bond donors (Lipinski definition) is 1. The normalized spacial score (nSPS) is 12.0. The molecule has 0 saturated heterocycles. The highest BCUT2D eigenvalue weighted by atomic mass is 16.5. The number of rotatable bonds is 6. The molecule has 112 valence electrons. The van der Waals surface area contributed by atoms with Crippen molar-refractivity contribution in [3.63, 3.8) is 0 Å². The topological polar surface area (TPSA) is 44.5 Å². The van der Waals surface area contributed by atoms with Gasteiger partial charge in [0, 0.05) is 12.1 Å². The maximum Gasteiger partial charge on any atom is 0.131 e. The summed E-state index contributed by atoms with van der Waals surface area (Å²) in [5, 5.41) is 0. The molecule has 1 atom stereocenters. The van der Waals surface area contributed by atoms with Crippen LogP contribution in [0.25, 0.3) is 0 Å². The van der Waals surface area contributed by atoms with Crippen molar-refractivity contribution in [2.75, 3.05) is 6.61 Å². The van der Waals surface area contributed by atoms with E-state index in [0.717, 1.165) is 23.7 Å². The van der Waals surface area contributed by atoms with Gasteiger partial charge in [0.25, 0.3) is 0 Å². The third-order valence-electron chi connectivity index (χ3n) is 3.21. The lowest BCUT2D eigenvalue weighted by Gasteiger charge is -2.12. The van der Waals surface area contributed by atoms with Gasteiger partial charge in [-0.2, -0.15) is 0 Å². The second-order valence-electron chi connectivity index (χ2n) is 5.28. The molecule has 0 aliphatic carbocycles. The fourth-order valence-corrected chi connectivity index (χ4v) is 2.24. The Hall–Kier alpha value is -2.00. The first-order valence-corrected chi connectivity index (χ1v) is 7.34. The van der Waals surface area contributed by atoms with E-state index >= 15 is 0 Å². The minimum atomic E-state index is 0.165. The molecule has 0 aliphatic rings. The summed E-state index contributed by atoms with van der Waals surface area (Å²) in [7, 11) is 0. The van der Waals surface area contributed by atoms with Gasteiger partial charge in [0.1, 0.15) is 17.2 Å². The van der Waals surface area contributed by atoms with Crippen molar-refractivity contribution in [1.82, 2.24) is 0 Å². The molecule has 0 spiro atoms. The highest BCUT2D eigenvalue weighted by Crippen LogP contribution is 2.27. The van der Waals surface area contributed by atoms with Gasteiger partial charge in [-0.3, -0.25) is 0 Å². The molecule has 0 aromatic heterocycles. The van der Waals surface area contributed by atoms with Gasteiger partial charge in [-0.05, 0) is 62.6 Å². The Bertz CT molecular complexity index is 594. The van der Waals surface area contributed by atoms with Crippen molar-refractivity contribution in [3.05, 3.63) is 53.6 Å². The summed E-state index contributed by atoms with van der Waals surface area (Å²) < 4.78 is 11.4. The van der Waals surface area contributed by atoms with Gasteiger partial charge in [-0.1, -0.05) is 12.1 Å². The van der Waals surface area contributed by atoms with E-state index in [9.17, 15) is 0 Å². The van der Waals surface area contributed by atoms with Crippen LogP contribution in [0.2, 0.25) is 0 Å². The zero-order valence-corrected chi connectivity index (χ0v) is 12.9. The molecule has 0 radical (unpaired) electrons. The molecule has 2 N–H and O–H groups in total. The van der Waals surface area contributed by atoms with Gasteiger partial charge >= 0.3 is 0 Å². The quantitative estimate of drug-likeness (QED) is 0.870. The summed E-state index contributed by atoms with van der Waals surface area (Å²) in [6, 6.07) is 14.0. The maximum atomic E-state index is 5.89. The van der Waals surface area contributed by atoms with Crippen molar-refractivity contribution in [2.24, 2.45) is 5.73 Å². The van der Waals surface area contributed by atoms with Crippen LogP contribution in [0.1, 0.15) is 25.0 Å². The number of ether oxygens (including phenoxy) is 2. The van der Waals surface area contributed by atoms with Crippen LogP contribution in [-0.2, 0) is 6.42 Å². The molecule has 3 nitrogen and oxygen atoms in total. The first kappa shape index (κ1) is 15.4. The second-order valence-corrected chi connectivity index (χ2v) is 5.28. The van der Waals surface area contributed by atoms with Crippen LogP contribution >= 0.6 is 0 Å². The fourth-order valence-electron chi connectivity index (χ4n) is 2.24. The second kappa shape index (κ2) is 7.14. The third-order valence-corrected chi connectivity index (χ3v) is 3.21. The van der Waals surface area contributed by atoms with Crippen LogP contribution in [0.3, 0.4) is 0 Å². The standard InChI is InChI=1S/C18H23NO2/c1-4-20-16-6-5-7-17(12-16)21-18-9-8-15(11-14(3)19)13(2)10-18/h5-10,12,14H,4,11,19H2,1-3H3. The first-order valence-electron chi connectivity index (χ1n) is 7.34. The third kappa shape index (κ3) is 4.50. The van der Waals surface area contributed by atoms with E-state index in [1.807, 2.05) is 50.2 Å². The summed E-state index contributed by atoms with van der Waals surface area (Å²) in [5.74, 6) is 2.43. The van der Waals surface area contributed by atoms with E-state index < -0.39 is 0 Å². The van der Waals surface area contributed by atoms with Crippen LogP contribution in [-0.4, -0.2) is 12.6 Å². The molecule has 0 bridgehead atoms. The zero-order chi connectivity index (χ0) is 15.2. The lowest BCUT2D eigenvalue weighted by Crippen LogP contribution is -2.18. The number of aryl methyl sites for hydroxylation is 1. The Morgan fingerprint density at radius 3 is 2.43 bits per heavy atom. The molecule has 0 amide bonds. The molecule has 0 fully saturated rings. The van der Waals surface area contributed by atoms with E-state index in [1.54, 1.807) is 0 Å². The molecule has 21 heavy (non-hydrogen) atoms. The SMILES string of the molecule is CCOc1cccc(Oc2ccc(CC(C)N)c(C)c2)c1. The Morgan fingerprint density at radius 1 is 1.05 bits per heavy atom. The molecule has 1 unspecified atom stereocenters. The molecule has 0 aliphatic heterocycles. The molecule has 0 saturated carbocycles. The van der Waals surface area contributed by atoms with E-state index in [-0.39, 0.29) is 6.04 Å². The molecule has 2 aromatic rings. The van der Waals surface area contributed by atoms with Crippen LogP contribution in [0.5, 0.6) is 17.2 Å². The Balaban J connectivity index is 2.12. The summed E-state index contributed by atoms with van der Waals surface area (Å²) in [4.78, 5) is 0. The summed E-state index contributed by atoms with van der Waals surface area (Å²) in [6.07, 6.45) is 0.881. The van der Waals surface area contributed by atoms with E-state index in [0.29, 0.717) is 6.61 Å². The average Bonchev–Trinajstić information content (AvgIpc) is 2.42. The van der Waals surface area contributed by atoms with Crippen molar-refractivity contribution < 1.29 is 9.47 Å². The van der Waals surface area contributed by atoms with Crippen LogP contribution in [0.4, 0.5) is 0 Å². The van der Waals surface area contributed by atoms with Crippen LogP contribution in [0.15, 0.2) is 42.5 Å². The predicted molar refractivity (Wildman–Crippen MR) is 86.2 cm³/mol. The molecule has 2 rings (SSSR count). The van der Waals surface area contributed by atoms with Gasteiger partial charge in [-0.15, -0.1) is 0 Å². The van der Waals surface area contributed by atoms with Gasteiger partial charge in [0.05, 0.1) is 6.61 Å². The van der Waals surface area contributed by atoms with Crippen LogP contribution < -0.4 is 15.2 Å². The maximum absolute atomic E-state index is 5.89. The van der Waals surface area contributed by atoms with Gasteiger partial charge in [0.15, 0.2) is 0 Å². The largest absolute Gasteiger partial charge is 0.494 e.